The van der Waals surface area contributed by atoms with Gasteiger partial charge in [-0.05, 0) is 61.4 Å². The Labute approximate surface area is 226 Å². The molecule has 0 saturated carbocycles. The summed E-state index contributed by atoms with van der Waals surface area (Å²) >= 11 is 6.17. The van der Waals surface area contributed by atoms with Crippen molar-refractivity contribution in [2.45, 2.75) is 38.1 Å². The number of carbonyl (C=O) groups excluding carboxylic acids is 1. The summed E-state index contributed by atoms with van der Waals surface area (Å²) in [5.74, 6) is 0.227. The van der Waals surface area contributed by atoms with Gasteiger partial charge >= 0.3 is 0 Å². The van der Waals surface area contributed by atoms with Crippen molar-refractivity contribution in [1.29, 1.82) is 0 Å². The molecular weight excluding hydrogens is 506 g/mol. The molecule has 2 aliphatic heterocycles. The fourth-order valence-electron chi connectivity index (χ4n) is 4.92. The lowest BCUT2D eigenvalue weighted by atomic mass is 9.99. The summed E-state index contributed by atoms with van der Waals surface area (Å²) in [6.45, 7) is 2.44. The number of anilines is 1. The predicted octanol–water partition coefficient (Wildman–Crippen LogP) is 3.31. The molecule has 38 heavy (non-hydrogen) atoms. The summed E-state index contributed by atoms with van der Waals surface area (Å²) in [4.78, 5) is 20.4. The fraction of sp³-hybridized carbons (Fsp3) is 0.286. The number of nitrogens with zero attached hydrogens (tertiary/aromatic N) is 2. The summed E-state index contributed by atoms with van der Waals surface area (Å²) in [5.41, 5.74) is 11.0. The minimum Gasteiger partial charge on any atom is -0.504 e. The predicted molar refractivity (Wildman–Crippen MR) is 147 cm³/mol. The van der Waals surface area contributed by atoms with Crippen LogP contribution in [0.1, 0.15) is 30.0 Å². The van der Waals surface area contributed by atoms with Crippen LogP contribution in [0.4, 0.5) is 5.69 Å². The number of amides is 1. The molecule has 1 saturated heterocycles. The highest BCUT2D eigenvalue weighted by Crippen LogP contribution is 2.36. The van der Waals surface area contributed by atoms with Crippen LogP contribution in [0.25, 0.3) is 0 Å². The first kappa shape index (κ1) is 25.8. The Bertz CT molecular complexity index is 1360. The maximum absolute atomic E-state index is 13.1. The first-order valence-electron chi connectivity index (χ1n) is 12.4. The van der Waals surface area contributed by atoms with Gasteiger partial charge in [0.1, 0.15) is 11.9 Å². The number of hydrazine groups is 1. The summed E-state index contributed by atoms with van der Waals surface area (Å²) in [5, 5.41) is 22.8. The zero-order chi connectivity index (χ0) is 26.8. The third kappa shape index (κ3) is 5.26. The highest BCUT2D eigenvalue weighted by molar-refractivity contribution is 6.30. The standard InChI is InChI=1S/C28H30ClN5O4/c1-16-32-33-28-22(15-26(37)30-12-11-17-3-10-24(35)25(36)13-17)31-27(18-4-6-19(29)7-5-18)21-14-20(38-2)8-9-23(21)34(16)28/h3-10,13-14,16,22,28,32-33,35-36H,11-12,15H2,1-2H3,(H,30,37). The molecule has 198 valence electrons. The molecule has 2 aliphatic rings. The Balaban J connectivity index is 1.43. The Morgan fingerprint density at radius 2 is 1.87 bits per heavy atom. The second kappa shape index (κ2) is 10.9. The molecule has 3 aromatic rings. The minimum absolute atomic E-state index is 0.0420. The van der Waals surface area contributed by atoms with Crippen LogP contribution in [-0.4, -0.2) is 53.9 Å². The lowest BCUT2D eigenvalue weighted by Crippen LogP contribution is -2.47. The number of ether oxygens (including phenoxy) is 1. The number of phenolic OH excluding ortho intramolecular Hbond substituents is 2. The number of methoxy groups -OCH3 is 1. The van der Waals surface area contributed by atoms with E-state index in [2.05, 4.69) is 28.0 Å². The summed E-state index contributed by atoms with van der Waals surface area (Å²) in [6.07, 6.45) is 0.369. The first-order valence-corrected chi connectivity index (χ1v) is 12.8. The molecule has 0 radical (unpaired) electrons. The van der Waals surface area contributed by atoms with E-state index in [1.54, 1.807) is 13.2 Å². The van der Waals surface area contributed by atoms with Crippen molar-refractivity contribution in [2.24, 2.45) is 4.99 Å². The van der Waals surface area contributed by atoms with Gasteiger partial charge in [0.2, 0.25) is 5.91 Å². The SMILES string of the molecule is COc1ccc2c(c1)C(c1ccc(Cl)cc1)=NC(CC(=O)NCCc1ccc(O)c(O)c1)C1NNC(C)N21. The first-order chi connectivity index (χ1) is 18.3. The Morgan fingerprint density at radius 1 is 1.08 bits per heavy atom. The molecule has 3 unspecified atom stereocenters. The average Bonchev–Trinajstić information content (AvgIpc) is 3.23. The third-order valence-electron chi connectivity index (χ3n) is 6.84. The number of fused-ring (bicyclic) bond motifs is 3. The van der Waals surface area contributed by atoms with Crippen molar-refractivity contribution >= 4 is 28.9 Å². The molecule has 3 aromatic carbocycles. The van der Waals surface area contributed by atoms with E-state index in [4.69, 9.17) is 21.3 Å². The van der Waals surface area contributed by atoms with Gasteiger partial charge in [0.25, 0.3) is 0 Å². The molecular formula is C28H30ClN5O4. The van der Waals surface area contributed by atoms with Gasteiger partial charge in [-0.1, -0.05) is 29.8 Å². The number of carbonyl (C=O) groups is 1. The Hall–Kier alpha value is -3.79. The van der Waals surface area contributed by atoms with Gasteiger partial charge in [0.15, 0.2) is 11.5 Å². The molecule has 5 N–H and O–H groups in total. The lowest BCUT2D eigenvalue weighted by Gasteiger charge is -2.31. The van der Waals surface area contributed by atoms with Gasteiger partial charge in [-0.2, -0.15) is 0 Å². The van der Waals surface area contributed by atoms with E-state index in [1.807, 2.05) is 42.5 Å². The Morgan fingerprint density at radius 3 is 2.61 bits per heavy atom. The van der Waals surface area contributed by atoms with Crippen molar-refractivity contribution in [3.05, 3.63) is 82.4 Å². The van der Waals surface area contributed by atoms with Gasteiger partial charge in [-0.3, -0.25) is 9.79 Å². The van der Waals surface area contributed by atoms with Crippen LogP contribution in [-0.2, 0) is 11.2 Å². The number of nitrogens with one attached hydrogen (secondary N) is 3. The zero-order valence-corrected chi connectivity index (χ0v) is 21.9. The van der Waals surface area contributed by atoms with E-state index in [-0.39, 0.29) is 36.2 Å². The van der Waals surface area contributed by atoms with Gasteiger partial charge in [-0.15, -0.1) is 0 Å². The van der Waals surface area contributed by atoms with Gasteiger partial charge in [-0.25, -0.2) is 10.9 Å². The summed E-state index contributed by atoms with van der Waals surface area (Å²) < 4.78 is 5.53. The van der Waals surface area contributed by atoms with Crippen molar-refractivity contribution in [1.82, 2.24) is 16.2 Å². The van der Waals surface area contributed by atoms with Crippen LogP contribution in [0.5, 0.6) is 17.2 Å². The second-order valence-electron chi connectivity index (χ2n) is 9.38. The molecule has 0 spiro atoms. The maximum atomic E-state index is 13.1. The number of hydrogen-bond donors (Lipinski definition) is 5. The van der Waals surface area contributed by atoms with Crippen LogP contribution >= 0.6 is 11.6 Å². The van der Waals surface area contributed by atoms with Crippen molar-refractivity contribution < 1.29 is 19.7 Å². The van der Waals surface area contributed by atoms with E-state index >= 15 is 0 Å². The number of hydrogen-bond acceptors (Lipinski definition) is 8. The number of rotatable bonds is 7. The molecule has 3 atom stereocenters. The smallest absolute Gasteiger partial charge is 0.222 e. The van der Waals surface area contributed by atoms with Crippen LogP contribution in [0.15, 0.2) is 65.7 Å². The number of aromatic hydroxyl groups is 2. The molecule has 5 rings (SSSR count). The van der Waals surface area contributed by atoms with E-state index in [9.17, 15) is 15.0 Å². The fourth-order valence-corrected chi connectivity index (χ4v) is 5.04. The van der Waals surface area contributed by atoms with Crippen LogP contribution < -0.4 is 25.8 Å². The number of benzene rings is 3. The van der Waals surface area contributed by atoms with E-state index in [0.717, 1.165) is 28.1 Å². The monoisotopic (exact) mass is 535 g/mol. The van der Waals surface area contributed by atoms with Crippen LogP contribution in [0.3, 0.4) is 0 Å². The summed E-state index contributed by atoms with van der Waals surface area (Å²) in [7, 11) is 1.63. The van der Waals surface area contributed by atoms with Crippen LogP contribution in [0.2, 0.25) is 5.02 Å². The maximum Gasteiger partial charge on any atom is 0.222 e. The minimum atomic E-state index is -0.408. The highest BCUT2D eigenvalue weighted by atomic mass is 35.5. The molecule has 1 fully saturated rings. The topological polar surface area (TPSA) is 118 Å². The quantitative estimate of drug-likeness (QED) is 0.294. The zero-order valence-electron chi connectivity index (χ0n) is 21.1. The number of halogens is 1. The molecule has 0 bridgehead atoms. The Kier molecular flexibility index (Phi) is 7.42. The molecule has 1 amide bonds. The van der Waals surface area contributed by atoms with Gasteiger partial charge in [0.05, 0.1) is 31.4 Å². The molecule has 10 heteroatoms. The normalized spacial score (nSPS) is 20.2. The molecule has 2 heterocycles. The van der Waals surface area contributed by atoms with E-state index in [0.29, 0.717) is 23.7 Å². The van der Waals surface area contributed by atoms with Crippen molar-refractivity contribution in [3.8, 4) is 17.2 Å². The van der Waals surface area contributed by atoms with E-state index < -0.39 is 6.04 Å². The second-order valence-corrected chi connectivity index (χ2v) is 9.82. The van der Waals surface area contributed by atoms with Gasteiger partial charge < -0.3 is 25.2 Å². The number of aliphatic imine (C=N–C) groups is 1. The third-order valence-corrected chi connectivity index (χ3v) is 7.09. The lowest BCUT2D eigenvalue weighted by molar-refractivity contribution is -0.121. The molecule has 0 aromatic heterocycles. The van der Waals surface area contributed by atoms with Crippen molar-refractivity contribution in [2.75, 3.05) is 18.6 Å². The van der Waals surface area contributed by atoms with Crippen LogP contribution in [0, 0.1) is 0 Å². The van der Waals surface area contributed by atoms with E-state index in [1.165, 1.54) is 12.1 Å². The molecule has 0 aliphatic carbocycles. The van der Waals surface area contributed by atoms with Crippen molar-refractivity contribution in [3.63, 3.8) is 0 Å². The highest BCUT2D eigenvalue weighted by Gasteiger charge is 2.40. The number of phenols is 2. The average molecular weight is 536 g/mol. The largest absolute Gasteiger partial charge is 0.504 e. The molecule has 9 nitrogen and oxygen atoms in total. The van der Waals surface area contributed by atoms with Gasteiger partial charge in [0, 0.05) is 28.4 Å². The summed E-state index contributed by atoms with van der Waals surface area (Å²) in [6, 6.07) is 17.7.